The number of hydrogen-bond acceptors (Lipinski definition) is 7. The molecule has 0 saturated heterocycles. The molecule has 170 valence electrons. The summed E-state index contributed by atoms with van der Waals surface area (Å²) in [5.41, 5.74) is 5.22. The molecule has 0 radical (unpaired) electrons. The summed E-state index contributed by atoms with van der Waals surface area (Å²) in [6, 6.07) is 13.5. The third-order valence-corrected chi connectivity index (χ3v) is 17.0. The zero-order valence-corrected chi connectivity index (χ0v) is 26.4. The van der Waals surface area contributed by atoms with Gasteiger partial charge in [-0.05, 0) is 63.0 Å². The Bertz CT molecular complexity index is 2300. The van der Waals surface area contributed by atoms with Crippen LogP contribution in [0.1, 0.15) is 5.56 Å². The second kappa shape index (κ2) is 7.18. The van der Waals surface area contributed by atoms with Crippen LogP contribution in [0.3, 0.4) is 0 Å². The van der Waals surface area contributed by atoms with E-state index in [-0.39, 0.29) is 0 Å². The Balaban J connectivity index is 1.42. The highest BCUT2D eigenvalue weighted by molar-refractivity contribution is 9.11. The maximum absolute atomic E-state index is 3.75. The van der Waals surface area contributed by atoms with Crippen LogP contribution in [0.25, 0.3) is 73.1 Å². The molecule has 0 unspecified atom stereocenters. The maximum atomic E-state index is 3.75. The molecule has 0 amide bonds. The number of aryl methyl sites for hydroxylation is 1. The van der Waals surface area contributed by atoms with Crippen LogP contribution in [-0.4, -0.2) is 4.57 Å². The van der Waals surface area contributed by atoms with Gasteiger partial charge in [-0.3, -0.25) is 0 Å². The third kappa shape index (κ3) is 2.71. The fourth-order valence-electron chi connectivity index (χ4n) is 4.94. The molecule has 0 atom stereocenters. The topological polar surface area (TPSA) is 4.93 Å². The van der Waals surface area contributed by atoms with Crippen LogP contribution in [0.4, 0.5) is 0 Å². The summed E-state index contributed by atoms with van der Waals surface area (Å²) in [7, 11) is 0. The number of halogens is 2. The molecule has 0 aliphatic rings. The zero-order valence-electron chi connectivity index (χ0n) is 17.5. The van der Waals surface area contributed by atoms with Gasteiger partial charge in [-0.25, -0.2) is 0 Å². The van der Waals surface area contributed by atoms with Gasteiger partial charge in [0.25, 0.3) is 0 Å². The van der Waals surface area contributed by atoms with Crippen molar-refractivity contribution in [2.45, 2.75) is 6.92 Å². The molecule has 8 aromatic heterocycles. The smallest absolute Gasteiger partial charge is 0.0838 e. The number of aromatic nitrogens is 1. The van der Waals surface area contributed by atoms with Crippen molar-refractivity contribution in [2.24, 2.45) is 0 Å². The van der Waals surface area contributed by atoms with Gasteiger partial charge < -0.3 is 4.57 Å². The monoisotopic (exact) mass is 705 g/mol. The molecule has 0 fully saturated rings. The summed E-state index contributed by atoms with van der Waals surface area (Å²) in [6.45, 7) is 2.15. The van der Waals surface area contributed by atoms with E-state index in [9.17, 15) is 0 Å². The lowest BCUT2D eigenvalue weighted by atomic mass is 10.2. The fourth-order valence-corrected chi connectivity index (χ4v) is 16.3. The lowest BCUT2D eigenvalue weighted by Gasteiger charge is -2.06. The molecule has 8 heterocycles. The van der Waals surface area contributed by atoms with Crippen molar-refractivity contribution in [3.05, 3.63) is 49.5 Å². The minimum Gasteiger partial charge on any atom is -0.306 e. The highest BCUT2D eigenvalue weighted by Gasteiger charge is 2.26. The molecule has 1 aromatic carbocycles. The second-order valence-electron chi connectivity index (χ2n) is 8.50. The molecule has 35 heavy (non-hydrogen) atoms. The van der Waals surface area contributed by atoms with E-state index in [1.165, 1.54) is 86.3 Å². The first-order valence-corrected chi connectivity index (χ1v) is 17.9. The first-order chi connectivity index (χ1) is 17.0. The van der Waals surface area contributed by atoms with Crippen LogP contribution in [-0.2, 0) is 0 Å². The van der Waals surface area contributed by atoms with Crippen LogP contribution >= 0.6 is 111 Å². The molecule has 0 saturated carbocycles. The number of nitrogens with zero attached hydrogens (tertiary/aromatic N) is 1. The SMILES string of the molecule is Cc1ccc(-n2c3cc(Br)sc3c3sc4c5sc6c7sc8cc(Br)sc8c7sc6c5sc4c32)cc1. The third-order valence-electron chi connectivity index (χ3n) is 6.42. The van der Waals surface area contributed by atoms with Crippen LogP contribution in [0.5, 0.6) is 0 Å². The number of rotatable bonds is 1. The van der Waals surface area contributed by atoms with Crippen molar-refractivity contribution in [1.82, 2.24) is 4.57 Å². The van der Waals surface area contributed by atoms with E-state index in [1.807, 2.05) is 79.4 Å². The van der Waals surface area contributed by atoms with E-state index in [0.29, 0.717) is 0 Å². The van der Waals surface area contributed by atoms with Crippen LogP contribution in [0.2, 0.25) is 0 Å². The number of thiophene rings is 7. The van der Waals surface area contributed by atoms with E-state index < -0.39 is 0 Å². The average molecular weight is 708 g/mol. The summed E-state index contributed by atoms with van der Waals surface area (Å²) >= 11 is 21.1. The molecule has 0 aliphatic carbocycles. The van der Waals surface area contributed by atoms with E-state index in [1.54, 1.807) is 0 Å². The summed E-state index contributed by atoms with van der Waals surface area (Å²) in [5, 5.41) is 0. The molecule has 9 rings (SSSR count). The number of hydrogen-bond donors (Lipinski definition) is 0. The van der Waals surface area contributed by atoms with Gasteiger partial charge in [-0.1, -0.05) is 17.7 Å². The van der Waals surface area contributed by atoms with Gasteiger partial charge >= 0.3 is 0 Å². The highest BCUT2D eigenvalue weighted by atomic mass is 79.9. The van der Waals surface area contributed by atoms with Crippen LogP contribution in [0, 0.1) is 6.92 Å². The largest absolute Gasteiger partial charge is 0.306 e. The van der Waals surface area contributed by atoms with Crippen molar-refractivity contribution >= 4 is 179 Å². The minimum absolute atomic E-state index is 1.19. The van der Waals surface area contributed by atoms with E-state index >= 15 is 0 Å². The maximum Gasteiger partial charge on any atom is 0.0838 e. The fraction of sp³-hybridized carbons (Fsp3) is 0.0400. The molecule has 0 N–H and O–H groups in total. The van der Waals surface area contributed by atoms with E-state index in [4.69, 9.17) is 0 Å². The van der Waals surface area contributed by atoms with Gasteiger partial charge in [0.05, 0.1) is 70.3 Å². The van der Waals surface area contributed by atoms with Gasteiger partial charge in [-0.2, -0.15) is 0 Å². The van der Waals surface area contributed by atoms with Crippen molar-refractivity contribution < 1.29 is 0 Å². The first kappa shape index (κ1) is 21.2. The normalized spacial score (nSPS) is 13.0. The van der Waals surface area contributed by atoms with Gasteiger partial charge in [0, 0.05) is 10.4 Å². The van der Waals surface area contributed by atoms with Gasteiger partial charge in [0.2, 0.25) is 0 Å². The van der Waals surface area contributed by atoms with Crippen LogP contribution < -0.4 is 0 Å². The quantitative estimate of drug-likeness (QED) is 0.160. The Hall–Kier alpha value is -0.820. The second-order valence-corrected chi connectivity index (χ2v) is 18.5. The Morgan fingerprint density at radius 1 is 0.543 bits per heavy atom. The van der Waals surface area contributed by atoms with Crippen LogP contribution in [0.15, 0.2) is 44.0 Å². The van der Waals surface area contributed by atoms with Gasteiger partial charge in [-0.15, -0.1) is 79.4 Å². The predicted molar refractivity (Wildman–Crippen MR) is 174 cm³/mol. The Labute approximate surface area is 242 Å². The molecular formula is C25H9Br2NS7. The number of fused-ring (bicyclic) bond motifs is 13. The standard InChI is InChI=1S/C25H9Br2NS7/c1-8-2-4-9(5-3-8)28-10-6-12(26)30-15(10)17-14(28)18-20(32-17)22-24(33-18)25-23(35-22)21-19(34-25)16-11(29-21)7-13(27)31-16/h2-7H,1H3. The van der Waals surface area contributed by atoms with Crippen molar-refractivity contribution in [2.75, 3.05) is 0 Å². The zero-order chi connectivity index (χ0) is 23.2. The number of benzene rings is 1. The first-order valence-electron chi connectivity index (χ1n) is 10.6. The molecule has 9 aromatic rings. The van der Waals surface area contributed by atoms with Crippen molar-refractivity contribution in [3.63, 3.8) is 0 Å². The van der Waals surface area contributed by atoms with Crippen molar-refractivity contribution in [3.8, 4) is 5.69 Å². The Morgan fingerprint density at radius 2 is 1.06 bits per heavy atom. The molecular weight excluding hydrogens is 699 g/mol. The predicted octanol–water partition coefficient (Wildman–Crippen LogP) is 12.8. The molecule has 0 aliphatic heterocycles. The average Bonchev–Trinajstić information content (AvgIpc) is 3.63. The van der Waals surface area contributed by atoms with Gasteiger partial charge in [0.15, 0.2) is 0 Å². The summed E-state index contributed by atoms with van der Waals surface area (Å²) in [6.07, 6.45) is 0. The summed E-state index contributed by atoms with van der Waals surface area (Å²) in [4.78, 5) is 0. The molecule has 0 spiro atoms. The minimum atomic E-state index is 1.19. The Morgan fingerprint density at radius 3 is 1.77 bits per heavy atom. The van der Waals surface area contributed by atoms with E-state index in [0.717, 1.165) is 0 Å². The summed E-state index contributed by atoms with van der Waals surface area (Å²) < 4.78 is 22.3. The lowest BCUT2D eigenvalue weighted by Crippen LogP contribution is -1.92. The molecule has 0 bridgehead atoms. The molecule has 10 heteroatoms. The lowest BCUT2D eigenvalue weighted by molar-refractivity contribution is 1.18. The molecule has 1 nitrogen and oxygen atoms in total. The van der Waals surface area contributed by atoms with E-state index in [2.05, 4.69) is 79.7 Å². The van der Waals surface area contributed by atoms with Crippen molar-refractivity contribution in [1.29, 1.82) is 0 Å². The van der Waals surface area contributed by atoms with Gasteiger partial charge in [0.1, 0.15) is 0 Å². The summed E-state index contributed by atoms with van der Waals surface area (Å²) in [5.74, 6) is 0. The Kier molecular flexibility index (Phi) is 4.34. The highest BCUT2D eigenvalue weighted by Crippen LogP contribution is 2.58.